The van der Waals surface area contributed by atoms with Crippen molar-refractivity contribution in [2.24, 2.45) is 5.10 Å². The average Bonchev–Trinajstić information content (AvgIpc) is 3.25. The van der Waals surface area contributed by atoms with E-state index in [1.807, 2.05) is 47.8 Å². The van der Waals surface area contributed by atoms with Crippen molar-refractivity contribution in [3.05, 3.63) is 76.0 Å². The van der Waals surface area contributed by atoms with Crippen molar-refractivity contribution in [3.63, 3.8) is 0 Å². The van der Waals surface area contributed by atoms with Gasteiger partial charge in [-0.25, -0.2) is 5.43 Å². The maximum atomic E-state index is 11.9. The number of hydrogen-bond acceptors (Lipinski definition) is 6. The highest BCUT2D eigenvalue weighted by atomic mass is 32.1. The zero-order valence-electron chi connectivity index (χ0n) is 16.3. The Labute approximate surface area is 173 Å². The van der Waals surface area contributed by atoms with Gasteiger partial charge in [0.25, 0.3) is 0 Å². The second-order valence-corrected chi connectivity index (χ2v) is 7.11. The summed E-state index contributed by atoms with van der Waals surface area (Å²) in [5.74, 6) is 1.38. The first kappa shape index (κ1) is 20.4. The summed E-state index contributed by atoms with van der Waals surface area (Å²) in [5.41, 5.74) is 4.28. The first-order valence-electron chi connectivity index (χ1n) is 8.96. The molecule has 29 heavy (non-hydrogen) atoms. The van der Waals surface area contributed by atoms with Crippen molar-refractivity contribution in [1.82, 2.24) is 5.43 Å². The molecule has 3 rings (SSSR count). The molecule has 3 aromatic rings. The van der Waals surface area contributed by atoms with Gasteiger partial charge < -0.3 is 14.2 Å². The Morgan fingerprint density at radius 1 is 1.07 bits per heavy atom. The fraction of sp³-hybridized carbons (Fsp3) is 0.182. The minimum Gasteiger partial charge on any atom is -0.493 e. The van der Waals surface area contributed by atoms with Crippen LogP contribution >= 0.6 is 11.3 Å². The first-order chi connectivity index (χ1) is 14.2. The largest absolute Gasteiger partial charge is 0.493 e. The van der Waals surface area contributed by atoms with E-state index in [0.717, 1.165) is 10.4 Å². The number of carbonyl (C=O) groups is 1. The Bertz CT molecular complexity index is 931. The molecular weight excluding hydrogens is 388 g/mol. The van der Waals surface area contributed by atoms with Crippen molar-refractivity contribution >= 4 is 23.5 Å². The standard InChI is InChI=1S/C22H22N2O4S/c1-26-19-11-17(14-23-24-21(25)13-18-9-6-10-29-18)12-20(27-2)22(19)28-15-16-7-4-3-5-8-16/h3-12,14H,13,15H2,1-2H3,(H,24,25)/b23-14-. The normalized spacial score (nSPS) is 10.7. The van der Waals surface area contributed by atoms with Crippen molar-refractivity contribution in [2.45, 2.75) is 13.0 Å². The van der Waals surface area contributed by atoms with Crippen LogP contribution < -0.4 is 19.6 Å². The molecule has 1 amide bonds. The van der Waals surface area contributed by atoms with Crippen LogP contribution in [0.1, 0.15) is 16.0 Å². The molecule has 6 nitrogen and oxygen atoms in total. The van der Waals surface area contributed by atoms with Crippen LogP contribution in [0.15, 0.2) is 65.1 Å². The Morgan fingerprint density at radius 3 is 2.41 bits per heavy atom. The lowest BCUT2D eigenvalue weighted by Gasteiger charge is -2.15. The molecule has 0 saturated heterocycles. The topological polar surface area (TPSA) is 69.2 Å². The average molecular weight is 410 g/mol. The minimum absolute atomic E-state index is 0.176. The molecule has 0 fully saturated rings. The van der Waals surface area contributed by atoms with Crippen LogP contribution in [0.2, 0.25) is 0 Å². The Hall–Kier alpha value is -3.32. The van der Waals surface area contributed by atoms with Gasteiger partial charge in [0.2, 0.25) is 11.7 Å². The molecule has 0 aliphatic carbocycles. The number of rotatable bonds is 9. The first-order valence-corrected chi connectivity index (χ1v) is 9.84. The second kappa shape index (κ2) is 10.3. The van der Waals surface area contributed by atoms with Crippen LogP contribution in [-0.2, 0) is 17.8 Å². The van der Waals surface area contributed by atoms with Crippen LogP contribution in [0.3, 0.4) is 0 Å². The van der Waals surface area contributed by atoms with Crippen molar-refractivity contribution < 1.29 is 19.0 Å². The van der Waals surface area contributed by atoms with Gasteiger partial charge in [0.05, 0.1) is 26.9 Å². The summed E-state index contributed by atoms with van der Waals surface area (Å²) in [7, 11) is 3.13. The molecule has 1 N–H and O–H groups in total. The van der Waals surface area contributed by atoms with E-state index in [1.54, 1.807) is 32.6 Å². The van der Waals surface area contributed by atoms with Crippen molar-refractivity contribution in [1.29, 1.82) is 0 Å². The molecule has 0 spiro atoms. The monoisotopic (exact) mass is 410 g/mol. The molecule has 0 atom stereocenters. The number of hydrogen-bond donors (Lipinski definition) is 1. The Balaban J connectivity index is 1.68. The van der Waals surface area contributed by atoms with Crippen LogP contribution in [0.25, 0.3) is 0 Å². The third-order valence-electron chi connectivity index (χ3n) is 4.03. The van der Waals surface area contributed by atoms with E-state index in [9.17, 15) is 4.79 Å². The number of nitrogens with zero attached hydrogens (tertiary/aromatic N) is 1. The number of benzene rings is 2. The summed E-state index contributed by atoms with van der Waals surface area (Å²) in [5, 5.41) is 5.96. The molecule has 1 heterocycles. The molecule has 0 unspecified atom stereocenters. The predicted molar refractivity (Wildman–Crippen MR) is 114 cm³/mol. The van der Waals surface area contributed by atoms with Gasteiger partial charge in [-0.15, -0.1) is 11.3 Å². The summed E-state index contributed by atoms with van der Waals surface area (Å²) < 4.78 is 16.9. The summed E-state index contributed by atoms with van der Waals surface area (Å²) in [6.45, 7) is 0.389. The predicted octanol–water partition coefficient (Wildman–Crippen LogP) is 4.04. The number of amides is 1. The molecule has 2 aromatic carbocycles. The number of nitrogens with one attached hydrogen (secondary N) is 1. The van der Waals surface area contributed by atoms with E-state index in [4.69, 9.17) is 14.2 Å². The highest BCUT2D eigenvalue weighted by molar-refractivity contribution is 7.10. The van der Waals surface area contributed by atoms with Crippen molar-refractivity contribution in [3.8, 4) is 17.2 Å². The summed E-state index contributed by atoms with van der Waals surface area (Å²) in [6.07, 6.45) is 1.84. The fourth-order valence-corrected chi connectivity index (χ4v) is 3.34. The summed E-state index contributed by atoms with van der Waals surface area (Å²) >= 11 is 1.54. The maximum Gasteiger partial charge on any atom is 0.245 e. The Kier molecular flexibility index (Phi) is 7.24. The minimum atomic E-state index is -0.176. The third-order valence-corrected chi connectivity index (χ3v) is 4.90. The molecule has 0 aliphatic heterocycles. The lowest BCUT2D eigenvalue weighted by atomic mass is 10.2. The number of carbonyl (C=O) groups excluding carboxylic acids is 1. The molecule has 0 aliphatic rings. The van der Waals surface area contributed by atoms with E-state index in [0.29, 0.717) is 35.8 Å². The van der Waals surface area contributed by atoms with Gasteiger partial charge in [-0.3, -0.25) is 4.79 Å². The maximum absolute atomic E-state index is 11.9. The van der Waals surface area contributed by atoms with Gasteiger partial charge in [0.1, 0.15) is 6.61 Å². The highest BCUT2D eigenvalue weighted by Crippen LogP contribution is 2.38. The van der Waals surface area contributed by atoms with Gasteiger partial charge in [-0.1, -0.05) is 36.4 Å². The van der Waals surface area contributed by atoms with E-state index in [-0.39, 0.29) is 5.91 Å². The summed E-state index contributed by atoms with van der Waals surface area (Å²) in [4.78, 5) is 12.9. The van der Waals surface area contributed by atoms with Gasteiger partial charge >= 0.3 is 0 Å². The lowest BCUT2D eigenvalue weighted by molar-refractivity contribution is -0.120. The zero-order valence-corrected chi connectivity index (χ0v) is 17.1. The molecule has 0 saturated carbocycles. The van der Waals surface area contributed by atoms with E-state index in [1.165, 1.54) is 11.3 Å². The number of methoxy groups -OCH3 is 2. The van der Waals surface area contributed by atoms with E-state index >= 15 is 0 Å². The SMILES string of the molecule is COc1cc(/C=N\NC(=O)Cc2cccs2)cc(OC)c1OCc1ccccc1. The quantitative estimate of drug-likeness (QED) is 0.427. The van der Waals surface area contributed by atoms with Gasteiger partial charge in [-0.05, 0) is 29.1 Å². The van der Waals surface area contributed by atoms with Crippen LogP contribution in [0, 0.1) is 0 Å². The number of hydrazone groups is 1. The van der Waals surface area contributed by atoms with Crippen molar-refractivity contribution in [2.75, 3.05) is 14.2 Å². The van der Waals surface area contributed by atoms with Crippen LogP contribution in [0.4, 0.5) is 0 Å². The second-order valence-electron chi connectivity index (χ2n) is 6.08. The Morgan fingerprint density at radius 2 is 1.79 bits per heavy atom. The molecule has 150 valence electrons. The van der Waals surface area contributed by atoms with E-state index in [2.05, 4.69) is 10.5 Å². The molecule has 1 aromatic heterocycles. The highest BCUT2D eigenvalue weighted by Gasteiger charge is 2.14. The van der Waals surface area contributed by atoms with Crippen LogP contribution in [0.5, 0.6) is 17.2 Å². The fourth-order valence-electron chi connectivity index (χ4n) is 2.64. The molecular formula is C22H22N2O4S. The number of ether oxygens (including phenoxy) is 3. The smallest absolute Gasteiger partial charge is 0.245 e. The molecule has 0 radical (unpaired) electrons. The third kappa shape index (κ3) is 5.83. The lowest BCUT2D eigenvalue weighted by Crippen LogP contribution is -2.19. The van der Waals surface area contributed by atoms with Crippen LogP contribution in [-0.4, -0.2) is 26.3 Å². The van der Waals surface area contributed by atoms with E-state index < -0.39 is 0 Å². The molecule has 7 heteroatoms. The van der Waals surface area contributed by atoms with Gasteiger partial charge in [-0.2, -0.15) is 5.10 Å². The molecule has 0 bridgehead atoms. The summed E-state index contributed by atoms with van der Waals surface area (Å²) in [6, 6.07) is 17.2. The zero-order chi connectivity index (χ0) is 20.5. The number of thiophene rings is 1. The van der Waals surface area contributed by atoms with Gasteiger partial charge in [0, 0.05) is 10.4 Å². The van der Waals surface area contributed by atoms with Gasteiger partial charge in [0.15, 0.2) is 11.5 Å².